The van der Waals surface area contributed by atoms with Gasteiger partial charge in [-0.25, -0.2) is 0 Å². The van der Waals surface area contributed by atoms with Crippen LogP contribution in [0.5, 0.6) is 0 Å². The van der Waals surface area contributed by atoms with E-state index in [0.29, 0.717) is 17.8 Å². The topological polar surface area (TPSA) is 64.3 Å². The van der Waals surface area contributed by atoms with Gasteiger partial charge in [-0.15, -0.1) is 0 Å². The quantitative estimate of drug-likeness (QED) is 0.846. The van der Waals surface area contributed by atoms with Gasteiger partial charge in [0.25, 0.3) is 5.91 Å². The first-order chi connectivity index (χ1) is 11.6. The zero-order valence-electron chi connectivity index (χ0n) is 14.0. The van der Waals surface area contributed by atoms with Crippen molar-refractivity contribution < 1.29 is 9.53 Å². The molecular formula is C20H24N2O2. The number of carbonyl (C=O) groups excluding carboxylic acids is 1. The third-order valence-corrected chi connectivity index (χ3v) is 4.52. The smallest absolute Gasteiger partial charge is 0.251 e. The molecule has 1 amide bonds. The number of rotatable bonds is 4. The van der Waals surface area contributed by atoms with E-state index < -0.39 is 0 Å². The van der Waals surface area contributed by atoms with Crippen LogP contribution < -0.4 is 11.1 Å². The summed E-state index contributed by atoms with van der Waals surface area (Å²) >= 11 is 0. The van der Waals surface area contributed by atoms with Crippen LogP contribution in [0.4, 0.5) is 5.69 Å². The number of nitrogens with two attached hydrogens (primary N) is 1. The molecule has 1 saturated heterocycles. The van der Waals surface area contributed by atoms with Crippen molar-refractivity contribution >= 4 is 11.6 Å². The van der Waals surface area contributed by atoms with E-state index in [4.69, 9.17) is 10.5 Å². The number of anilines is 1. The predicted octanol–water partition coefficient (Wildman–Crippen LogP) is 3.47. The summed E-state index contributed by atoms with van der Waals surface area (Å²) in [5, 5.41) is 3.03. The molecule has 24 heavy (non-hydrogen) atoms. The van der Waals surface area contributed by atoms with Crippen molar-refractivity contribution in [1.82, 2.24) is 5.32 Å². The number of hydrogen-bond donors (Lipinski definition) is 2. The van der Waals surface area contributed by atoms with Crippen molar-refractivity contribution in [2.75, 3.05) is 18.9 Å². The Balaban J connectivity index is 1.66. The molecule has 2 aromatic carbocycles. The van der Waals surface area contributed by atoms with Gasteiger partial charge in [0.05, 0.1) is 6.10 Å². The zero-order valence-corrected chi connectivity index (χ0v) is 14.0. The average Bonchev–Trinajstić information content (AvgIpc) is 2.61. The number of hydrogen-bond acceptors (Lipinski definition) is 3. The fraction of sp³-hybridized carbons (Fsp3) is 0.350. The van der Waals surface area contributed by atoms with E-state index in [1.54, 1.807) is 24.3 Å². The fourth-order valence-electron chi connectivity index (χ4n) is 3.18. The monoisotopic (exact) mass is 324 g/mol. The minimum atomic E-state index is -0.0875. The average molecular weight is 324 g/mol. The molecule has 0 saturated carbocycles. The normalized spacial score (nSPS) is 20.5. The minimum absolute atomic E-state index is 0.0421. The molecule has 0 aliphatic carbocycles. The fourth-order valence-corrected chi connectivity index (χ4v) is 3.18. The second-order valence-corrected chi connectivity index (χ2v) is 6.44. The first-order valence-electron chi connectivity index (χ1n) is 8.45. The van der Waals surface area contributed by atoms with E-state index in [1.165, 1.54) is 11.1 Å². The van der Waals surface area contributed by atoms with E-state index in [1.807, 2.05) is 0 Å². The third-order valence-electron chi connectivity index (χ3n) is 4.52. The lowest BCUT2D eigenvalue weighted by atomic mass is 9.89. The number of ether oxygens (including phenoxy) is 1. The van der Waals surface area contributed by atoms with Gasteiger partial charge in [0.15, 0.2) is 0 Å². The Morgan fingerprint density at radius 1 is 1.25 bits per heavy atom. The molecule has 4 nitrogen and oxygen atoms in total. The molecule has 1 fully saturated rings. The van der Waals surface area contributed by atoms with Crippen LogP contribution in [0.2, 0.25) is 0 Å². The molecule has 126 valence electrons. The van der Waals surface area contributed by atoms with Crippen LogP contribution in [0.1, 0.15) is 40.4 Å². The highest BCUT2D eigenvalue weighted by Crippen LogP contribution is 2.33. The van der Waals surface area contributed by atoms with Crippen molar-refractivity contribution in [2.45, 2.75) is 25.9 Å². The minimum Gasteiger partial charge on any atom is -0.399 e. The Morgan fingerprint density at radius 3 is 2.79 bits per heavy atom. The van der Waals surface area contributed by atoms with Crippen LogP contribution in [0.25, 0.3) is 0 Å². The summed E-state index contributed by atoms with van der Waals surface area (Å²) in [4.78, 5) is 12.3. The summed E-state index contributed by atoms with van der Waals surface area (Å²) < 4.78 is 6.00. The number of amides is 1. The van der Waals surface area contributed by atoms with Gasteiger partial charge in [0, 0.05) is 30.3 Å². The Labute approximate surface area is 143 Å². The first-order valence-corrected chi connectivity index (χ1v) is 8.45. The molecule has 3 rings (SSSR count). The van der Waals surface area contributed by atoms with Gasteiger partial charge in [-0.05, 0) is 43.5 Å². The number of aryl methyl sites for hydroxylation is 1. The SMILES string of the molecule is Cc1ccc(C2OCCCC2CNC(=O)c2cccc(N)c2)cc1. The van der Waals surface area contributed by atoms with E-state index in [2.05, 4.69) is 36.5 Å². The molecule has 4 heteroatoms. The van der Waals surface area contributed by atoms with Crippen LogP contribution in [0, 0.1) is 12.8 Å². The van der Waals surface area contributed by atoms with Crippen LogP contribution >= 0.6 is 0 Å². The maximum atomic E-state index is 12.3. The lowest BCUT2D eigenvalue weighted by molar-refractivity contribution is -0.0272. The molecule has 0 aromatic heterocycles. The van der Waals surface area contributed by atoms with E-state index in [0.717, 1.165) is 19.4 Å². The first kappa shape index (κ1) is 16.5. The number of nitrogens with one attached hydrogen (secondary N) is 1. The molecule has 0 bridgehead atoms. The molecule has 3 N–H and O–H groups in total. The predicted molar refractivity (Wildman–Crippen MR) is 95.8 cm³/mol. The van der Waals surface area contributed by atoms with E-state index in [-0.39, 0.29) is 17.9 Å². The van der Waals surface area contributed by atoms with Gasteiger partial charge in [0.1, 0.15) is 0 Å². The summed E-state index contributed by atoms with van der Waals surface area (Å²) in [5.74, 6) is 0.196. The highest BCUT2D eigenvalue weighted by Gasteiger charge is 2.27. The molecule has 1 heterocycles. The lowest BCUT2D eigenvalue weighted by Crippen LogP contribution is -2.35. The molecule has 0 spiro atoms. The Kier molecular flexibility index (Phi) is 5.16. The Hall–Kier alpha value is -2.33. The van der Waals surface area contributed by atoms with Crippen molar-refractivity contribution in [3.63, 3.8) is 0 Å². The highest BCUT2D eigenvalue weighted by molar-refractivity contribution is 5.94. The van der Waals surface area contributed by atoms with Crippen molar-refractivity contribution in [3.8, 4) is 0 Å². The summed E-state index contributed by atoms with van der Waals surface area (Å²) in [6, 6.07) is 15.5. The summed E-state index contributed by atoms with van der Waals surface area (Å²) in [7, 11) is 0. The standard InChI is InChI=1S/C20H24N2O2/c1-14-7-9-15(10-8-14)19-17(5-3-11-24-19)13-22-20(23)16-4-2-6-18(21)12-16/h2,4,6-10,12,17,19H,3,5,11,13,21H2,1H3,(H,22,23). The van der Waals surface area contributed by atoms with Gasteiger partial charge >= 0.3 is 0 Å². The second kappa shape index (κ2) is 7.49. The van der Waals surface area contributed by atoms with Gasteiger partial charge in [0.2, 0.25) is 0 Å². The third kappa shape index (κ3) is 3.95. The molecule has 2 aromatic rings. The lowest BCUT2D eigenvalue weighted by Gasteiger charge is -2.32. The Bertz CT molecular complexity index is 697. The van der Waals surface area contributed by atoms with Crippen molar-refractivity contribution in [1.29, 1.82) is 0 Å². The zero-order chi connectivity index (χ0) is 16.9. The van der Waals surface area contributed by atoms with Gasteiger partial charge in [-0.3, -0.25) is 4.79 Å². The molecule has 2 unspecified atom stereocenters. The molecule has 1 aliphatic rings. The Morgan fingerprint density at radius 2 is 2.04 bits per heavy atom. The maximum Gasteiger partial charge on any atom is 0.251 e. The van der Waals surface area contributed by atoms with Crippen LogP contribution in [0.15, 0.2) is 48.5 Å². The van der Waals surface area contributed by atoms with Crippen molar-refractivity contribution in [3.05, 3.63) is 65.2 Å². The second-order valence-electron chi connectivity index (χ2n) is 6.44. The summed E-state index contributed by atoms with van der Waals surface area (Å²) in [5.41, 5.74) is 9.36. The van der Waals surface area contributed by atoms with E-state index in [9.17, 15) is 4.79 Å². The number of benzene rings is 2. The molecule has 2 atom stereocenters. The van der Waals surface area contributed by atoms with Gasteiger partial charge in [-0.1, -0.05) is 35.9 Å². The molecule has 0 radical (unpaired) electrons. The van der Waals surface area contributed by atoms with Crippen LogP contribution in [-0.4, -0.2) is 19.1 Å². The van der Waals surface area contributed by atoms with Gasteiger partial charge in [-0.2, -0.15) is 0 Å². The van der Waals surface area contributed by atoms with Crippen LogP contribution in [-0.2, 0) is 4.74 Å². The largest absolute Gasteiger partial charge is 0.399 e. The summed E-state index contributed by atoms with van der Waals surface area (Å²) in [6.07, 6.45) is 2.12. The highest BCUT2D eigenvalue weighted by atomic mass is 16.5. The number of carbonyl (C=O) groups is 1. The summed E-state index contributed by atoms with van der Waals surface area (Å²) in [6.45, 7) is 3.46. The maximum absolute atomic E-state index is 12.3. The van der Waals surface area contributed by atoms with E-state index >= 15 is 0 Å². The number of nitrogen functional groups attached to an aromatic ring is 1. The van der Waals surface area contributed by atoms with Gasteiger partial charge < -0.3 is 15.8 Å². The van der Waals surface area contributed by atoms with Crippen molar-refractivity contribution in [2.24, 2.45) is 5.92 Å². The van der Waals surface area contributed by atoms with Crippen LogP contribution in [0.3, 0.4) is 0 Å². The molecule has 1 aliphatic heterocycles. The molecular weight excluding hydrogens is 300 g/mol.